The van der Waals surface area contributed by atoms with E-state index >= 15 is 0 Å². The topological polar surface area (TPSA) is 75.7 Å². The van der Waals surface area contributed by atoms with Crippen molar-refractivity contribution >= 4 is 15.9 Å². The molecule has 0 aromatic heterocycles. The molecule has 0 aliphatic carbocycles. The van der Waals surface area contributed by atoms with Gasteiger partial charge in [0.15, 0.2) is 0 Å². The lowest BCUT2D eigenvalue weighted by atomic mass is 9.99. The first kappa shape index (κ1) is 18.9. The van der Waals surface area contributed by atoms with Crippen LogP contribution in [-0.4, -0.2) is 52.6 Å². The third-order valence-electron chi connectivity index (χ3n) is 4.17. The lowest BCUT2D eigenvalue weighted by Crippen LogP contribution is -2.39. The van der Waals surface area contributed by atoms with Crippen LogP contribution in [0.3, 0.4) is 0 Å². The molecule has 1 aromatic carbocycles. The SMILES string of the molecule is COCCCNS(=O)(=O)c1ccc(C(=O)N2CCCC(C)C2)cc1. The smallest absolute Gasteiger partial charge is 0.253 e. The second-order valence-electron chi connectivity index (χ2n) is 6.27. The molecule has 1 aliphatic rings. The number of likely N-dealkylation sites (tertiary alicyclic amines) is 1. The van der Waals surface area contributed by atoms with E-state index in [1.165, 1.54) is 12.1 Å². The Kier molecular flexibility index (Phi) is 6.77. The highest BCUT2D eigenvalue weighted by molar-refractivity contribution is 7.89. The zero-order chi connectivity index (χ0) is 17.6. The number of carbonyl (C=O) groups is 1. The van der Waals surface area contributed by atoms with Crippen LogP contribution in [0.4, 0.5) is 0 Å². The van der Waals surface area contributed by atoms with E-state index in [9.17, 15) is 13.2 Å². The highest BCUT2D eigenvalue weighted by Crippen LogP contribution is 2.19. The fraction of sp³-hybridized carbons (Fsp3) is 0.588. The van der Waals surface area contributed by atoms with E-state index < -0.39 is 10.0 Å². The molecule has 0 bridgehead atoms. The Morgan fingerprint density at radius 2 is 2.04 bits per heavy atom. The first-order chi connectivity index (χ1) is 11.4. The van der Waals surface area contributed by atoms with Crippen LogP contribution in [0.25, 0.3) is 0 Å². The standard InChI is InChI=1S/C17H26N2O4S/c1-14-5-3-11-19(13-14)17(20)15-6-8-16(9-7-15)24(21,22)18-10-4-12-23-2/h6-9,14,18H,3-5,10-13H2,1-2H3. The second kappa shape index (κ2) is 8.60. The van der Waals surface area contributed by atoms with Gasteiger partial charge >= 0.3 is 0 Å². The van der Waals surface area contributed by atoms with Gasteiger partial charge in [0, 0.05) is 38.9 Å². The van der Waals surface area contributed by atoms with E-state index in [4.69, 9.17) is 4.74 Å². The molecule has 6 nitrogen and oxygen atoms in total. The lowest BCUT2D eigenvalue weighted by Gasteiger charge is -2.31. The predicted molar refractivity (Wildman–Crippen MR) is 92.4 cm³/mol. The van der Waals surface area contributed by atoms with E-state index in [1.54, 1.807) is 19.2 Å². The summed E-state index contributed by atoms with van der Waals surface area (Å²) in [5.74, 6) is 0.484. The number of piperidine rings is 1. The molecule has 1 heterocycles. The molecule has 1 fully saturated rings. The number of nitrogens with zero attached hydrogens (tertiary/aromatic N) is 1. The molecule has 7 heteroatoms. The highest BCUT2D eigenvalue weighted by atomic mass is 32.2. The normalized spacial score (nSPS) is 18.6. The van der Waals surface area contributed by atoms with Crippen molar-refractivity contribution in [1.82, 2.24) is 9.62 Å². The molecule has 134 valence electrons. The summed E-state index contributed by atoms with van der Waals surface area (Å²) in [5.41, 5.74) is 0.530. The molecule has 2 rings (SSSR count). The minimum Gasteiger partial charge on any atom is -0.385 e. The Labute approximate surface area is 144 Å². The van der Waals surface area contributed by atoms with Crippen molar-refractivity contribution in [1.29, 1.82) is 0 Å². The van der Waals surface area contributed by atoms with Crippen molar-refractivity contribution in [3.05, 3.63) is 29.8 Å². The van der Waals surface area contributed by atoms with Crippen molar-refractivity contribution in [3.63, 3.8) is 0 Å². The molecule has 1 amide bonds. The zero-order valence-electron chi connectivity index (χ0n) is 14.3. The Bertz CT molecular complexity index is 643. The fourth-order valence-corrected chi connectivity index (χ4v) is 3.91. The van der Waals surface area contributed by atoms with Crippen LogP contribution in [0.1, 0.15) is 36.5 Å². The van der Waals surface area contributed by atoms with Crippen molar-refractivity contribution in [2.45, 2.75) is 31.1 Å². The number of methoxy groups -OCH3 is 1. The Balaban J connectivity index is 2.00. The number of hydrogen-bond donors (Lipinski definition) is 1. The summed E-state index contributed by atoms with van der Waals surface area (Å²) in [7, 11) is -1.97. The van der Waals surface area contributed by atoms with E-state index in [0.29, 0.717) is 31.1 Å². The van der Waals surface area contributed by atoms with Gasteiger partial charge in [0.2, 0.25) is 10.0 Å². The maximum atomic E-state index is 12.5. The molecule has 1 unspecified atom stereocenters. The van der Waals surface area contributed by atoms with Gasteiger partial charge in [-0.1, -0.05) is 6.92 Å². The summed E-state index contributed by atoms with van der Waals surface area (Å²) in [5, 5.41) is 0. The average Bonchev–Trinajstić information content (AvgIpc) is 2.58. The van der Waals surface area contributed by atoms with Crippen LogP contribution in [-0.2, 0) is 14.8 Å². The van der Waals surface area contributed by atoms with E-state index in [0.717, 1.165) is 25.9 Å². The van der Waals surface area contributed by atoms with Gasteiger partial charge in [0.05, 0.1) is 4.90 Å². The average molecular weight is 354 g/mol. The maximum Gasteiger partial charge on any atom is 0.253 e. The molecule has 0 saturated carbocycles. The fourth-order valence-electron chi connectivity index (χ4n) is 2.84. The third kappa shape index (κ3) is 5.03. The largest absolute Gasteiger partial charge is 0.385 e. The summed E-state index contributed by atoms with van der Waals surface area (Å²) in [6.45, 7) is 4.50. The van der Waals surface area contributed by atoms with E-state index in [-0.39, 0.29) is 10.8 Å². The van der Waals surface area contributed by atoms with Gasteiger partial charge in [-0.15, -0.1) is 0 Å². The number of hydrogen-bond acceptors (Lipinski definition) is 4. The van der Waals surface area contributed by atoms with Crippen LogP contribution >= 0.6 is 0 Å². The summed E-state index contributed by atoms with van der Waals surface area (Å²) < 4.78 is 31.8. The number of nitrogens with one attached hydrogen (secondary N) is 1. The Hall–Kier alpha value is -1.44. The van der Waals surface area contributed by atoms with Crippen LogP contribution in [0.2, 0.25) is 0 Å². The molecule has 1 aromatic rings. The molecule has 0 radical (unpaired) electrons. The number of amides is 1. The number of sulfonamides is 1. The molecule has 0 spiro atoms. The Morgan fingerprint density at radius 1 is 1.33 bits per heavy atom. The monoisotopic (exact) mass is 354 g/mol. The van der Waals surface area contributed by atoms with E-state index in [1.807, 2.05) is 4.90 Å². The summed E-state index contributed by atoms with van der Waals surface area (Å²) in [6, 6.07) is 6.15. The summed E-state index contributed by atoms with van der Waals surface area (Å²) >= 11 is 0. The van der Waals surface area contributed by atoms with Crippen molar-refractivity contribution < 1.29 is 17.9 Å². The highest BCUT2D eigenvalue weighted by Gasteiger charge is 2.22. The van der Waals surface area contributed by atoms with Gasteiger partial charge in [-0.2, -0.15) is 0 Å². The van der Waals surface area contributed by atoms with Crippen LogP contribution in [0.15, 0.2) is 29.2 Å². The molecular formula is C17H26N2O4S. The minimum absolute atomic E-state index is 0.0291. The first-order valence-corrected chi connectivity index (χ1v) is 9.80. The van der Waals surface area contributed by atoms with Gasteiger partial charge in [-0.25, -0.2) is 13.1 Å². The van der Waals surface area contributed by atoms with Crippen molar-refractivity contribution in [3.8, 4) is 0 Å². The molecule has 24 heavy (non-hydrogen) atoms. The number of benzene rings is 1. The maximum absolute atomic E-state index is 12.5. The number of rotatable bonds is 7. The van der Waals surface area contributed by atoms with Crippen molar-refractivity contribution in [2.24, 2.45) is 5.92 Å². The molecule has 1 saturated heterocycles. The summed E-state index contributed by atoms with van der Waals surface area (Å²) in [6.07, 6.45) is 2.78. The van der Waals surface area contributed by atoms with Crippen LogP contribution in [0, 0.1) is 5.92 Å². The van der Waals surface area contributed by atoms with Crippen LogP contribution < -0.4 is 4.72 Å². The molecule has 1 N–H and O–H groups in total. The van der Waals surface area contributed by atoms with Gasteiger partial charge < -0.3 is 9.64 Å². The quantitative estimate of drug-likeness (QED) is 0.759. The molecule has 1 atom stereocenters. The molecular weight excluding hydrogens is 328 g/mol. The van der Waals surface area contributed by atoms with Gasteiger partial charge in [-0.3, -0.25) is 4.79 Å². The zero-order valence-corrected chi connectivity index (χ0v) is 15.1. The van der Waals surface area contributed by atoms with Crippen molar-refractivity contribution in [2.75, 3.05) is 33.4 Å². The number of ether oxygens (including phenoxy) is 1. The Morgan fingerprint density at radius 3 is 2.67 bits per heavy atom. The van der Waals surface area contributed by atoms with Gasteiger partial charge in [-0.05, 0) is 49.4 Å². The number of carbonyl (C=O) groups excluding carboxylic acids is 1. The van der Waals surface area contributed by atoms with Gasteiger partial charge in [0.1, 0.15) is 0 Å². The lowest BCUT2D eigenvalue weighted by molar-refractivity contribution is 0.0683. The van der Waals surface area contributed by atoms with Gasteiger partial charge in [0.25, 0.3) is 5.91 Å². The minimum atomic E-state index is -3.55. The second-order valence-corrected chi connectivity index (χ2v) is 8.03. The van der Waals surface area contributed by atoms with Crippen LogP contribution in [0.5, 0.6) is 0 Å². The third-order valence-corrected chi connectivity index (χ3v) is 5.65. The predicted octanol–water partition coefficient (Wildman–Crippen LogP) is 1.87. The summed E-state index contributed by atoms with van der Waals surface area (Å²) in [4.78, 5) is 14.5. The molecule has 1 aliphatic heterocycles. The first-order valence-electron chi connectivity index (χ1n) is 8.32. The van der Waals surface area contributed by atoms with E-state index in [2.05, 4.69) is 11.6 Å².